The van der Waals surface area contributed by atoms with Crippen LogP contribution in [-0.2, 0) is 20.9 Å². The van der Waals surface area contributed by atoms with Crippen LogP contribution >= 0.6 is 0 Å². The Bertz CT molecular complexity index is 473. The van der Waals surface area contributed by atoms with E-state index in [2.05, 4.69) is 13.8 Å². The van der Waals surface area contributed by atoms with Crippen LogP contribution in [0.5, 0.6) is 0 Å². The third-order valence-corrected chi connectivity index (χ3v) is 2.19. The third kappa shape index (κ3) is 3.22. The number of hydrogen-bond acceptors (Lipinski definition) is 6. The van der Waals surface area contributed by atoms with Crippen LogP contribution in [0.2, 0.25) is 0 Å². The van der Waals surface area contributed by atoms with Crippen molar-refractivity contribution in [3.8, 4) is 0 Å². The second-order valence-corrected chi connectivity index (χ2v) is 3.25. The Kier molecular flexibility index (Phi) is 4.53. The minimum absolute atomic E-state index is 0.0185. The minimum atomic E-state index is -0.622. The summed E-state index contributed by atoms with van der Waals surface area (Å²) in [6.07, 6.45) is 0. The summed E-state index contributed by atoms with van der Waals surface area (Å²) in [5.41, 5.74) is 0.458. The normalized spacial score (nSPS) is 9.29. The summed E-state index contributed by atoms with van der Waals surface area (Å²) < 4.78 is 22.9. The fourth-order valence-corrected chi connectivity index (χ4v) is 1.37. The molecule has 90 valence electrons. The molecule has 0 aliphatic heterocycles. The molecule has 0 unspecified atom stereocenters. The van der Waals surface area contributed by atoms with Gasteiger partial charge in [-0.3, -0.25) is 0 Å². The number of esters is 2. The van der Waals surface area contributed by atoms with Crippen molar-refractivity contribution in [1.29, 1.82) is 0 Å². The molecule has 0 saturated heterocycles. The molecule has 17 heavy (non-hydrogen) atoms. The van der Waals surface area contributed by atoms with E-state index in [1.807, 2.05) is 0 Å². The van der Waals surface area contributed by atoms with Gasteiger partial charge >= 0.3 is 11.9 Å². The van der Waals surface area contributed by atoms with Crippen LogP contribution in [0.4, 0.5) is 5.69 Å². The van der Waals surface area contributed by atoms with Gasteiger partial charge in [-0.15, -0.1) is 0 Å². The summed E-state index contributed by atoms with van der Waals surface area (Å²) in [5, 5.41) is 0. The Labute approximate surface area is 101 Å². The first-order valence-electron chi connectivity index (χ1n) is 4.44. The number of nitrogens with zero attached hydrogens (tertiary/aromatic N) is 1. The maximum Gasteiger partial charge on any atom is 0.337 e. The van der Waals surface area contributed by atoms with Crippen molar-refractivity contribution in [3.63, 3.8) is 0 Å². The summed E-state index contributed by atoms with van der Waals surface area (Å²) in [4.78, 5) is 22.7. The number of ether oxygens (including phenoxy) is 2. The van der Waals surface area contributed by atoms with Gasteiger partial charge in [0, 0.05) is 0 Å². The minimum Gasteiger partial charge on any atom is -0.465 e. The zero-order valence-electron chi connectivity index (χ0n) is 9.13. The van der Waals surface area contributed by atoms with Gasteiger partial charge in [-0.25, -0.2) is 9.59 Å². The van der Waals surface area contributed by atoms with Gasteiger partial charge in [0.25, 0.3) is 0 Å². The molecule has 0 spiro atoms. The lowest BCUT2D eigenvalue weighted by molar-refractivity contribution is 0.0599. The van der Waals surface area contributed by atoms with Crippen molar-refractivity contribution >= 4 is 29.1 Å². The standard InChI is InChI=1S/C10H9NO5S/c1-15-9(12)6-3-7(10(13)16-2)5-8(4-6)11-17-14/h3-5H,1-2H3. The number of benzene rings is 1. The lowest BCUT2D eigenvalue weighted by atomic mass is 10.1. The first kappa shape index (κ1) is 13.0. The van der Waals surface area contributed by atoms with Crippen molar-refractivity contribution in [2.75, 3.05) is 14.2 Å². The smallest absolute Gasteiger partial charge is 0.337 e. The molecular weight excluding hydrogens is 246 g/mol. The quantitative estimate of drug-likeness (QED) is 0.760. The molecule has 0 aliphatic carbocycles. The monoisotopic (exact) mass is 255 g/mol. The van der Waals surface area contributed by atoms with Crippen LogP contribution in [0.25, 0.3) is 0 Å². The van der Waals surface area contributed by atoms with Gasteiger partial charge in [0.2, 0.25) is 11.5 Å². The van der Waals surface area contributed by atoms with E-state index in [1.165, 1.54) is 32.4 Å². The zero-order chi connectivity index (χ0) is 12.8. The first-order valence-corrected chi connectivity index (χ1v) is 5.14. The summed E-state index contributed by atoms with van der Waals surface area (Å²) in [7, 11) is 2.43. The van der Waals surface area contributed by atoms with E-state index in [0.717, 1.165) is 0 Å². The fraction of sp³-hybridized carbons (Fsp3) is 0.200. The number of carbonyl (C=O) groups excluding carboxylic acids is 2. The summed E-state index contributed by atoms with van der Waals surface area (Å²) >= 11 is -0.0185. The predicted molar refractivity (Wildman–Crippen MR) is 59.4 cm³/mol. The summed E-state index contributed by atoms with van der Waals surface area (Å²) in [5.74, 6) is -1.24. The molecule has 0 radical (unpaired) electrons. The lowest BCUT2D eigenvalue weighted by Crippen LogP contribution is -2.06. The van der Waals surface area contributed by atoms with E-state index in [4.69, 9.17) is 0 Å². The van der Waals surface area contributed by atoms with Crippen LogP contribution in [-0.4, -0.2) is 30.4 Å². The molecule has 1 aromatic rings. The molecule has 1 aromatic carbocycles. The highest BCUT2D eigenvalue weighted by Crippen LogP contribution is 2.19. The Morgan fingerprint density at radius 1 is 1.06 bits per heavy atom. The average Bonchev–Trinajstić information content (AvgIpc) is 2.36. The molecule has 0 aromatic heterocycles. The van der Waals surface area contributed by atoms with Crippen molar-refractivity contribution < 1.29 is 23.3 Å². The molecule has 0 atom stereocenters. The van der Waals surface area contributed by atoms with E-state index in [0.29, 0.717) is 0 Å². The van der Waals surface area contributed by atoms with Crippen molar-refractivity contribution in [2.45, 2.75) is 0 Å². The second kappa shape index (κ2) is 5.90. The SMILES string of the molecule is COC(=O)c1cc(N=S=O)cc(C(=O)OC)c1. The average molecular weight is 255 g/mol. The van der Waals surface area contributed by atoms with Gasteiger partial charge in [-0.05, 0) is 18.2 Å². The maximum absolute atomic E-state index is 11.3. The zero-order valence-corrected chi connectivity index (χ0v) is 9.95. The Hall–Kier alpha value is -2.02. The number of rotatable bonds is 3. The molecule has 0 N–H and O–H groups in total. The van der Waals surface area contributed by atoms with E-state index in [9.17, 15) is 13.8 Å². The van der Waals surface area contributed by atoms with Gasteiger partial charge in [0.15, 0.2) is 0 Å². The molecule has 6 nitrogen and oxygen atoms in total. The van der Waals surface area contributed by atoms with Gasteiger partial charge in [-0.2, -0.15) is 8.57 Å². The molecule has 7 heteroatoms. The molecule has 0 heterocycles. The van der Waals surface area contributed by atoms with Crippen molar-refractivity contribution in [3.05, 3.63) is 29.3 Å². The topological polar surface area (TPSA) is 82.0 Å². The molecule has 0 bridgehead atoms. The van der Waals surface area contributed by atoms with E-state index < -0.39 is 11.9 Å². The Morgan fingerprint density at radius 2 is 1.53 bits per heavy atom. The molecule has 0 aliphatic rings. The largest absolute Gasteiger partial charge is 0.465 e. The summed E-state index contributed by atoms with van der Waals surface area (Å²) in [6, 6.07) is 4.01. The van der Waals surface area contributed by atoms with Gasteiger partial charge < -0.3 is 9.47 Å². The maximum atomic E-state index is 11.3. The van der Waals surface area contributed by atoms with Crippen molar-refractivity contribution in [2.24, 2.45) is 4.36 Å². The third-order valence-electron chi connectivity index (χ3n) is 1.90. The van der Waals surface area contributed by atoms with E-state index in [1.54, 1.807) is 0 Å². The molecule has 0 fully saturated rings. The van der Waals surface area contributed by atoms with Gasteiger partial charge in [0.1, 0.15) is 0 Å². The Balaban J connectivity index is 3.32. The highest BCUT2D eigenvalue weighted by molar-refractivity contribution is 7.54. The fourth-order valence-electron chi connectivity index (χ4n) is 1.18. The van der Waals surface area contributed by atoms with Gasteiger partial charge in [0.05, 0.1) is 31.0 Å². The summed E-state index contributed by atoms with van der Waals surface area (Å²) in [6.45, 7) is 0. The molecule has 1 rings (SSSR count). The molecular formula is C10H9NO5S. The van der Waals surface area contributed by atoms with Crippen LogP contribution in [0, 0.1) is 0 Å². The van der Waals surface area contributed by atoms with Crippen LogP contribution in [0.1, 0.15) is 20.7 Å². The van der Waals surface area contributed by atoms with Crippen LogP contribution < -0.4 is 0 Å². The van der Waals surface area contributed by atoms with E-state index >= 15 is 0 Å². The first-order chi connectivity index (χ1) is 8.12. The molecule has 0 amide bonds. The van der Waals surface area contributed by atoms with Crippen LogP contribution in [0.15, 0.2) is 22.6 Å². The lowest BCUT2D eigenvalue weighted by Gasteiger charge is -2.04. The highest BCUT2D eigenvalue weighted by Gasteiger charge is 2.13. The van der Waals surface area contributed by atoms with E-state index in [-0.39, 0.29) is 28.3 Å². The predicted octanol–water partition coefficient (Wildman–Crippen LogP) is 1.29. The van der Waals surface area contributed by atoms with Crippen molar-refractivity contribution in [1.82, 2.24) is 0 Å². The second-order valence-electron chi connectivity index (χ2n) is 2.92. The Morgan fingerprint density at radius 3 is 1.88 bits per heavy atom. The molecule has 0 saturated carbocycles. The highest BCUT2D eigenvalue weighted by atomic mass is 32.1. The number of methoxy groups -OCH3 is 2. The number of hydrogen-bond donors (Lipinski definition) is 0. The van der Waals surface area contributed by atoms with Gasteiger partial charge in [-0.1, -0.05) is 0 Å². The van der Waals surface area contributed by atoms with Crippen LogP contribution in [0.3, 0.4) is 0 Å². The number of carbonyl (C=O) groups is 2.